The van der Waals surface area contributed by atoms with Crippen molar-refractivity contribution in [2.24, 2.45) is 5.92 Å². The van der Waals surface area contributed by atoms with Gasteiger partial charge in [0.1, 0.15) is 0 Å². The molecule has 2 fully saturated rings. The third kappa shape index (κ3) is 0.545. The van der Waals surface area contributed by atoms with Crippen molar-refractivity contribution < 1.29 is 4.74 Å². The molecule has 1 aliphatic carbocycles. The van der Waals surface area contributed by atoms with Gasteiger partial charge in [0, 0.05) is 6.04 Å². The number of ether oxygens (including phenoxy) is 1. The molecule has 0 bridgehead atoms. The van der Waals surface area contributed by atoms with Crippen LogP contribution in [0.1, 0.15) is 6.42 Å². The summed E-state index contributed by atoms with van der Waals surface area (Å²) in [6.45, 7) is 1.78. The average Bonchev–Trinajstić information content (AvgIpc) is 2.41. The highest BCUT2D eigenvalue weighted by Gasteiger charge is 2.39. The Morgan fingerprint density at radius 2 is 2.57 bits per heavy atom. The predicted octanol–water partition coefficient (Wildman–Crippen LogP) is -0.0478. The molecule has 2 unspecified atom stereocenters. The highest BCUT2D eigenvalue weighted by molar-refractivity contribution is 4.93. The molecular weight excluding hydrogens is 90.1 g/mol. The minimum absolute atomic E-state index is 0.779. The van der Waals surface area contributed by atoms with E-state index in [2.05, 4.69) is 5.32 Å². The minimum atomic E-state index is 0.779. The van der Waals surface area contributed by atoms with E-state index in [1.807, 2.05) is 0 Å². The van der Waals surface area contributed by atoms with E-state index in [0.717, 1.165) is 25.3 Å². The lowest BCUT2D eigenvalue weighted by atomic mass is 10.4. The second-order valence-corrected chi connectivity index (χ2v) is 2.32. The molecule has 0 aromatic heterocycles. The third-order valence-corrected chi connectivity index (χ3v) is 1.70. The van der Waals surface area contributed by atoms with Crippen molar-refractivity contribution in [1.82, 2.24) is 5.32 Å². The molecule has 1 N–H and O–H groups in total. The van der Waals surface area contributed by atoms with Crippen LogP contribution in [0.3, 0.4) is 0 Å². The molecule has 0 aromatic carbocycles. The Hall–Kier alpha value is -0.0800. The summed E-state index contributed by atoms with van der Waals surface area (Å²) < 4.78 is 5.11. The summed E-state index contributed by atoms with van der Waals surface area (Å²) in [5.41, 5.74) is 0. The van der Waals surface area contributed by atoms with E-state index < -0.39 is 0 Å². The summed E-state index contributed by atoms with van der Waals surface area (Å²) in [5.74, 6) is 0.869. The molecule has 1 aliphatic heterocycles. The number of nitrogens with one attached hydrogen (secondary N) is 1. The highest BCUT2D eigenvalue weighted by atomic mass is 16.5. The van der Waals surface area contributed by atoms with Crippen molar-refractivity contribution in [1.29, 1.82) is 0 Å². The fraction of sp³-hybridized carbons (Fsp3) is 1.00. The van der Waals surface area contributed by atoms with Gasteiger partial charge in [-0.05, 0) is 12.3 Å². The topological polar surface area (TPSA) is 21.3 Å². The average molecular weight is 99.1 g/mol. The molecule has 2 nitrogen and oxygen atoms in total. The van der Waals surface area contributed by atoms with Gasteiger partial charge in [0.25, 0.3) is 0 Å². The molecule has 40 valence electrons. The molecular formula is C5H9NO. The Morgan fingerprint density at radius 3 is 3.14 bits per heavy atom. The summed E-state index contributed by atoms with van der Waals surface area (Å²) in [6, 6.07) is 0.828. The number of hydrogen-bond donors (Lipinski definition) is 1. The zero-order valence-corrected chi connectivity index (χ0v) is 4.18. The molecule has 2 heteroatoms. The van der Waals surface area contributed by atoms with Crippen LogP contribution in [-0.4, -0.2) is 19.4 Å². The fourth-order valence-corrected chi connectivity index (χ4v) is 1.06. The van der Waals surface area contributed by atoms with Gasteiger partial charge in [-0.25, -0.2) is 0 Å². The highest BCUT2D eigenvalue weighted by Crippen LogP contribution is 2.32. The lowest BCUT2D eigenvalue weighted by Crippen LogP contribution is -2.28. The molecule has 2 atom stereocenters. The van der Waals surface area contributed by atoms with Crippen molar-refractivity contribution in [3.8, 4) is 0 Å². The Morgan fingerprint density at radius 1 is 1.57 bits per heavy atom. The summed E-state index contributed by atoms with van der Waals surface area (Å²) in [5, 5.41) is 3.23. The lowest BCUT2D eigenvalue weighted by Gasteiger charge is -2.09. The van der Waals surface area contributed by atoms with Crippen LogP contribution in [0.5, 0.6) is 0 Å². The molecule has 0 amide bonds. The van der Waals surface area contributed by atoms with Gasteiger partial charge in [-0.3, -0.25) is 5.32 Å². The first-order valence-corrected chi connectivity index (χ1v) is 2.78. The van der Waals surface area contributed by atoms with E-state index >= 15 is 0 Å². The van der Waals surface area contributed by atoms with Gasteiger partial charge in [0.2, 0.25) is 0 Å². The maximum atomic E-state index is 5.11. The van der Waals surface area contributed by atoms with Crippen LogP contribution in [0.2, 0.25) is 0 Å². The van der Waals surface area contributed by atoms with E-state index in [-0.39, 0.29) is 0 Å². The van der Waals surface area contributed by atoms with Crippen molar-refractivity contribution in [3.05, 3.63) is 0 Å². The minimum Gasteiger partial charge on any atom is -0.366 e. The molecule has 0 spiro atoms. The molecule has 1 heterocycles. The number of rotatable bonds is 0. The zero-order chi connectivity index (χ0) is 4.69. The molecule has 0 radical (unpaired) electrons. The van der Waals surface area contributed by atoms with Crippen molar-refractivity contribution in [2.45, 2.75) is 12.5 Å². The first kappa shape index (κ1) is 3.87. The SMILES string of the molecule is C1NC2CC2CO1. The van der Waals surface area contributed by atoms with E-state index in [1.54, 1.807) is 0 Å². The smallest absolute Gasteiger partial charge is 0.0967 e. The van der Waals surface area contributed by atoms with Crippen LogP contribution in [0, 0.1) is 5.92 Å². The lowest BCUT2D eigenvalue weighted by molar-refractivity contribution is 0.0790. The Labute approximate surface area is 42.9 Å². The molecule has 7 heavy (non-hydrogen) atoms. The summed E-state index contributed by atoms with van der Waals surface area (Å²) >= 11 is 0. The van der Waals surface area contributed by atoms with Crippen molar-refractivity contribution >= 4 is 0 Å². The van der Waals surface area contributed by atoms with Gasteiger partial charge in [-0.15, -0.1) is 0 Å². The molecule has 2 aliphatic rings. The van der Waals surface area contributed by atoms with Gasteiger partial charge in [0.05, 0.1) is 13.3 Å². The Kier molecular flexibility index (Phi) is 0.664. The Balaban J connectivity index is 1.95. The standard InChI is InChI=1S/C5H9NO/c1-4-2-7-3-6-5(1)4/h4-6H,1-3H2. The van der Waals surface area contributed by atoms with Gasteiger partial charge in [-0.1, -0.05) is 0 Å². The van der Waals surface area contributed by atoms with Crippen LogP contribution < -0.4 is 5.32 Å². The van der Waals surface area contributed by atoms with Crippen molar-refractivity contribution in [3.63, 3.8) is 0 Å². The van der Waals surface area contributed by atoms with Gasteiger partial charge in [0.15, 0.2) is 0 Å². The normalized spacial score (nSPS) is 48.0. The van der Waals surface area contributed by atoms with E-state index in [0.29, 0.717) is 0 Å². The predicted molar refractivity (Wildman–Crippen MR) is 25.8 cm³/mol. The van der Waals surface area contributed by atoms with Gasteiger partial charge < -0.3 is 4.74 Å². The van der Waals surface area contributed by atoms with E-state index in [9.17, 15) is 0 Å². The molecule has 2 rings (SSSR count). The second kappa shape index (κ2) is 1.20. The maximum Gasteiger partial charge on any atom is 0.0967 e. The third-order valence-electron chi connectivity index (χ3n) is 1.70. The van der Waals surface area contributed by atoms with Gasteiger partial charge >= 0.3 is 0 Å². The fourth-order valence-electron chi connectivity index (χ4n) is 1.06. The van der Waals surface area contributed by atoms with Crippen molar-refractivity contribution in [2.75, 3.05) is 13.3 Å². The maximum absolute atomic E-state index is 5.11. The number of hydrogen-bond acceptors (Lipinski definition) is 2. The Bertz CT molecular complexity index is 74.1. The first-order chi connectivity index (χ1) is 3.47. The quantitative estimate of drug-likeness (QED) is 0.460. The summed E-state index contributed by atoms with van der Waals surface area (Å²) in [4.78, 5) is 0. The number of fused-ring (bicyclic) bond motifs is 1. The first-order valence-electron chi connectivity index (χ1n) is 2.78. The van der Waals surface area contributed by atoms with Crippen LogP contribution >= 0.6 is 0 Å². The molecule has 1 saturated carbocycles. The zero-order valence-electron chi connectivity index (χ0n) is 4.18. The van der Waals surface area contributed by atoms with E-state index in [4.69, 9.17) is 4.74 Å². The van der Waals surface area contributed by atoms with Crippen LogP contribution in [-0.2, 0) is 4.74 Å². The monoisotopic (exact) mass is 99.1 g/mol. The molecule has 0 aromatic rings. The van der Waals surface area contributed by atoms with Crippen LogP contribution in [0.4, 0.5) is 0 Å². The van der Waals surface area contributed by atoms with Gasteiger partial charge in [-0.2, -0.15) is 0 Å². The van der Waals surface area contributed by atoms with Crippen LogP contribution in [0.25, 0.3) is 0 Å². The second-order valence-electron chi connectivity index (χ2n) is 2.32. The molecule has 1 saturated heterocycles. The van der Waals surface area contributed by atoms with Crippen LogP contribution in [0.15, 0.2) is 0 Å². The summed E-state index contributed by atoms with van der Waals surface area (Å²) in [7, 11) is 0. The van der Waals surface area contributed by atoms with E-state index in [1.165, 1.54) is 6.42 Å². The summed E-state index contributed by atoms with van der Waals surface area (Å²) in [6.07, 6.45) is 1.35. The largest absolute Gasteiger partial charge is 0.366 e.